The SMILES string of the molecule is CC1C2CCC1C(NC(=O)C(O)(c1ccccc1)c1ccccc1)C2. The first kappa shape index (κ1) is 16.3. The summed E-state index contributed by atoms with van der Waals surface area (Å²) in [5.41, 5.74) is -0.446. The fourth-order valence-electron chi connectivity index (χ4n) is 4.91. The van der Waals surface area contributed by atoms with Gasteiger partial charge in [0.1, 0.15) is 0 Å². The molecule has 2 aromatic rings. The average molecular weight is 335 g/mol. The molecule has 2 aliphatic carbocycles. The molecular formula is C22H25NO2. The lowest BCUT2D eigenvalue weighted by molar-refractivity contribution is -0.137. The first-order chi connectivity index (χ1) is 12.1. The summed E-state index contributed by atoms with van der Waals surface area (Å²) in [7, 11) is 0. The van der Waals surface area contributed by atoms with Crippen LogP contribution < -0.4 is 5.32 Å². The smallest absolute Gasteiger partial charge is 0.261 e. The van der Waals surface area contributed by atoms with Crippen molar-refractivity contribution in [2.75, 3.05) is 0 Å². The lowest BCUT2D eigenvalue weighted by Crippen LogP contribution is -2.50. The number of nitrogens with one attached hydrogen (secondary N) is 1. The van der Waals surface area contributed by atoms with Crippen molar-refractivity contribution in [1.82, 2.24) is 5.32 Å². The first-order valence-corrected chi connectivity index (χ1v) is 9.25. The molecule has 2 saturated carbocycles. The predicted molar refractivity (Wildman–Crippen MR) is 97.8 cm³/mol. The molecule has 4 unspecified atom stereocenters. The van der Waals surface area contributed by atoms with Crippen LogP contribution in [0.4, 0.5) is 0 Å². The fourth-order valence-corrected chi connectivity index (χ4v) is 4.91. The Morgan fingerprint density at radius 3 is 2.00 bits per heavy atom. The maximum Gasteiger partial charge on any atom is 0.261 e. The Morgan fingerprint density at radius 1 is 1.00 bits per heavy atom. The minimum atomic E-state index is -1.66. The maximum atomic E-state index is 13.2. The van der Waals surface area contributed by atoms with Gasteiger partial charge in [-0.3, -0.25) is 4.79 Å². The molecule has 4 rings (SSSR count). The zero-order valence-corrected chi connectivity index (χ0v) is 14.6. The molecule has 2 N–H and O–H groups in total. The van der Waals surface area contributed by atoms with E-state index in [9.17, 15) is 9.90 Å². The molecule has 0 heterocycles. The Morgan fingerprint density at radius 2 is 1.56 bits per heavy atom. The van der Waals surface area contributed by atoms with Crippen LogP contribution in [0.15, 0.2) is 60.7 Å². The van der Waals surface area contributed by atoms with Gasteiger partial charge in [-0.25, -0.2) is 0 Å². The second-order valence-corrected chi connectivity index (χ2v) is 7.62. The van der Waals surface area contributed by atoms with Crippen molar-refractivity contribution in [2.45, 2.75) is 37.8 Å². The highest BCUT2D eigenvalue weighted by Crippen LogP contribution is 2.49. The van der Waals surface area contributed by atoms with E-state index < -0.39 is 5.60 Å². The van der Waals surface area contributed by atoms with Gasteiger partial charge in [-0.15, -0.1) is 0 Å². The van der Waals surface area contributed by atoms with Crippen molar-refractivity contribution >= 4 is 5.91 Å². The Hall–Kier alpha value is -2.13. The van der Waals surface area contributed by atoms with Crippen molar-refractivity contribution < 1.29 is 9.90 Å². The summed E-state index contributed by atoms with van der Waals surface area (Å²) in [5, 5.41) is 14.7. The van der Waals surface area contributed by atoms with E-state index in [1.54, 1.807) is 0 Å². The molecule has 3 nitrogen and oxygen atoms in total. The second kappa shape index (κ2) is 6.30. The molecule has 2 aromatic carbocycles. The number of hydrogen-bond acceptors (Lipinski definition) is 2. The van der Waals surface area contributed by atoms with E-state index in [0.29, 0.717) is 23.0 Å². The summed E-state index contributed by atoms with van der Waals surface area (Å²) in [6, 6.07) is 18.7. The summed E-state index contributed by atoms with van der Waals surface area (Å²) in [4.78, 5) is 13.2. The highest BCUT2D eigenvalue weighted by Gasteiger charge is 2.48. The van der Waals surface area contributed by atoms with Gasteiger partial charge in [-0.2, -0.15) is 0 Å². The molecule has 25 heavy (non-hydrogen) atoms. The van der Waals surface area contributed by atoms with Crippen LogP contribution in [0.5, 0.6) is 0 Å². The molecule has 2 aliphatic rings. The zero-order chi connectivity index (χ0) is 17.4. The van der Waals surface area contributed by atoms with E-state index in [-0.39, 0.29) is 11.9 Å². The molecule has 2 bridgehead atoms. The quantitative estimate of drug-likeness (QED) is 0.899. The third-order valence-corrected chi connectivity index (χ3v) is 6.39. The van der Waals surface area contributed by atoms with Gasteiger partial charge in [0, 0.05) is 6.04 Å². The van der Waals surface area contributed by atoms with Crippen molar-refractivity contribution in [3.05, 3.63) is 71.8 Å². The van der Waals surface area contributed by atoms with Crippen LogP contribution in [0.1, 0.15) is 37.3 Å². The molecule has 0 saturated heterocycles. The molecule has 1 amide bonds. The Labute approximate surface area is 149 Å². The molecule has 0 aromatic heterocycles. The van der Waals surface area contributed by atoms with Crippen molar-refractivity contribution in [1.29, 1.82) is 0 Å². The van der Waals surface area contributed by atoms with Gasteiger partial charge in [-0.1, -0.05) is 67.6 Å². The van der Waals surface area contributed by atoms with Crippen LogP contribution in [-0.4, -0.2) is 17.1 Å². The molecule has 130 valence electrons. The van der Waals surface area contributed by atoms with Gasteiger partial charge >= 0.3 is 0 Å². The van der Waals surface area contributed by atoms with Gasteiger partial charge < -0.3 is 10.4 Å². The van der Waals surface area contributed by atoms with Crippen LogP contribution in [0.2, 0.25) is 0 Å². The highest BCUT2D eigenvalue weighted by atomic mass is 16.3. The number of carbonyl (C=O) groups excluding carboxylic acids is 1. The standard InChI is InChI=1S/C22H25NO2/c1-15-16-12-13-19(15)20(14-16)23-21(24)22(25,17-8-4-2-5-9-17)18-10-6-3-7-11-18/h2-11,15-16,19-20,25H,12-14H2,1H3,(H,23,24). The maximum absolute atomic E-state index is 13.2. The van der Waals surface area contributed by atoms with Gasteiger partial charge in [-0.05, 0) is 48.1 Å². The minimum Gasteiger partial charge on any atom is -0.372 e. The predicted octanol–water partition coefficient (Wildman–Crippen LogP) is 3.47. The third-order valence-electron chi connectivity index (χ3n) is 6.39. The number of rotatable bonds is 4. The van der Waals surface area contributed by atoms with Gasteiger partial charge in [0.2, 0.25) is 0 Å². The molecule has 0 spiro atoms. The minimum absolute atomic E-state index is 0.181. The highest BCUT2D eigenvalue weighted by molar-refractivity contribution is 5.90. The second-order valence-electron chi connectivity index (χ2n) is 7.62. The number of carbonyl (C=O) groups is 1. The van der Waals surface area contributed by atoms with Crippen LogP contribution in [0.3, 0.4) is 0 Å². The van der Waals surface area contributed by atoms with Crippen molar-refractivity contribution in [2.24, 2.45) is 17.8 Å². The lowest BCUT2D eigenvalue weighted by atomic mass is 9.84. The van der Waals surface area contributed by atoms with E-state index in [4.69, 9.17) is 0 Å². The summed E-state index contributed by atoms with van der Waals surface area (Å²) in [6.45, 7) is 2.30. The third kappa shape index (κ3) is 2.67. The zero-order valence-electron chi connectivity index (χ0n) is 14.6. The molecule has 4 atom stereocenters. The first-order valence-electron chi connectivity index (χ1n) is 9.25. The summed E-state index contributed by atoms with van der Waals surface area (Å²) < 4.78 is 0. The molecule has 0 aliphatic heterocycles. The van der Waals surface area contributed by atoms with Crippen LogP contribution in [0.25, 0.3) is 0 Å². The summed E-state index contributed by atoms with van der Waals surface area (Å²) >= 11 is 0. The monoisotopic (exact) mass is 335 g/mol. The van der Waals surface area contributed by atoms with Crippen LogP contribution in [-0.2, 0) is 10.4 Å². The Balaban J connectivity index is 1.66. The van der Waals surface area contributed by atoms with E-state index in [2.05, 4.69) is 12.2 Å². The summed E-state index contributed by atoms with van der Waals surface area (Å²) in [6.07, 6.45) is 3.50. The van der Waals surface area contributed by atoms with Crippen LogP contribution in [0, 0.1) is 17.8 Å². The largest absolute Gasteiger partial charge is 0.372 e. The molecular weight excluding hydrogens is 310 g/mol. The summed E-state index contributed by atoms with van der Waals surface area (Å²) in [5.74, 6) is 1.63. The number of hydrogen-bond donors (Lipinski definition) is 2. The van der Waals surface area contributed by atoms with Gasteiger partial charge in [0.25, 0.3) is 5.91 Å². The topological polar surface area (TPSA) is 49.3 Å². The van der Waals surface area contributed by atoms with E-state index >= 15 is 0 Å². The molecule has 2 fully saturated rings. The lowest BCUT2D eigenvalue weighted by Gasteiger charge is -2.32. The number of aliphatic hydroxyl groups is 1. The van der Waals surface area contributed by atoms with Crippen molar-refractivity contribution in [3.8, 4) is 0 Å². The Bertz CT molecular complexity index is 704. The van der Waals surface area contributed by atoms with Gasteiger partial charge in [0.05, 0.1) is 0 Å². The number of benzene rings is 2. The molecule has 3 heteroatoms. The Kier molecular flexibility index (Phi) is 4.12. The van der Waals surface area contributed by atoms with E-state index in [1.807, 2.05) is 60.7 Å². The van der Waals surface area contributed by atoms with E-state index in [0.717, 1.165) is 12.3 Å². The normalized spacial score (nSPS) is 28.1. The van der Waals surface area contributed by atoms with E-state index in [1.165, 1.54) is 12.8 Å². The van der Waals surface area contributed by atoms with Crippen LogP contribution >= 0.6 is 0 Å². The number of fused-ring (bicyclic) bond motifs is 2. The molecule has 0 radical (unpaired) electrons. The fraction of sp³-hybridized carbons (Fsp3) is 0.409. The van der Waals surface area contributed by atoms with Gasteiger partial charge in [0.15, 0.2) is 5.60 Å². The number of amides is 1. The average Bonchev–Trinajstić information content (AvgIpc) is 3.16. The van der Waals surface area contributed by atoms with Crippen molar-refractivity contribution in [3.63, 3.8) is 0 Å².